The molecule has 2 aromatic heterocycles. The van der Waals surface area contributed by atoms with Gasteiger partial charge < -0.3 is 9.14 Å². The fraction of sp³-hybridized carbons (Fsp3) is 0.111. The van der Waals surface area contributed by atoms with Crippen molar-refractivity contribution >= 4 is 22.8 Å². The summed E-state index contributed by atoms with van der Waals surface area (Å²) in [5.74, 6) is 0.0264. The van der Waals surface area contributed by atoms with Gasteiger partial charge in [-0.05, 0) is 59.4 Å². The average Bonchev–Trinajstić information content (AvgIpc) is 3.26. The second-order valence-corrected chi connectivity index (χ2v) is 7.25. The number of benzene rings is 2. The van der Waals surface area contributed by atoms with Gasteiger partial charge in [0.2, 0.25) is 0 Å². The van der Waals surface area contributed by atoms with Crippen LogP contribution >= 0.6 is 0 Å². The molecule has 0 aliphatic carbocycles. The molecule has 0 radical (unpaired) electrons. The van der Waals surface area contributed by atoms with E-state index in [2.05, 4.69) is 55.9 Å². The van der Waals surface area contributed by atoms with Gasteiger partial charge in [-0.2, -0.15) is 0 Å². The average molecular weight is 409 g/mol. The van der Waals surface area contributed by atoms with Crippen LogP contribution < -0.4 is 4.74 Å². The number of fused-ring (bicyclic) bond motifs is 1. The molecule has 0 fully saturated rings. The van der Waals surface area contributed by atoms with Gasteiger partial charge >= 0.3 is 5.97 Å². The highest BCUT2D eigenvalue weighted by atomic mass is 16.5. The van der Waals surface area contributed by atoms with Crippen molar-refractivity contribution in [2.75, 3.05) is 0 Å². The zero-order valence-corrected chi connectivity index (χ0v) is 17.7. The van der Waals surface area contributed by atoms with Crippen LogP contribution in [0.5, 0.6) is 5.75 Å². The number of carbonyl (C=O) groups excluding carboxylic acids is 1. The van der Waals surface area contributed by atoms with E-state index in [1.54, 1.807) is 6.20 Å². The minimum absolute atomic E-state index is 0.481. The molecule has 0 amide bonds. The minimum atomic E-state index is -0.481. The quantitative estimate of drug-likeness (QED) is 0.167. The van der Waals surface area contributed by atoms with Gasteiger partial charge in [0.15, 0.2) is 0 Å². The second-order valence-electron chi connectivity index (χ2n) is 7.25. The van der Waals surface area contributed by atoms with Crippen molar-refractivity contribution < 1.29 is 9.53 Å². The number of hydrogen-bond donors (Lipinski definition) is 0. The summed E-state index contributed by atoms with van der Waals surface area (Å²) in [6.07, 6.45) is 7.77. The molecule has 0 atom stereocenters. The molecule has 4 aromatic rings. The molecule has 0 bridgehead atoms. The van der Waals surface area contributed by atoms with E-state index in [0.717, 1.165) is 28.8 Å². The van der Waals surface area contributed by atoms with Crippen LogP contribution in [0.25, 0.3) is 16.8 Å². The number of rotatable bonds is 6. The molecule has 0 spiro atoms. The summed E-state index contributed by atoms with van der Waals surface area (Å²) in [5.41, 5.74) is 7.34. The Hall–Kier alpha value is -3.92. The first-order chi connectivity index (χ1) is 15.1. The van der Waals surface area contributed by atoms with E-state index in [1.165, 1.54) is 22.8 Å². The maximum atomic E-state index is 12.0. The monoisotopic (exact) mass is 408 g/mol. The topological polar surface area (TPSA) is 43.6 Å². The van der Waals surface area contributed by atoms with Crippen LogP contribution in [0.15, 0.2) is 91.9 Å². The number of pyridine rings is 1. The van der Waals surface area contributed by atoms with Gasteiger partial charge in [-0.15, -0.1) is 0 Å². The van der Waals surface area contributed by atoms with Crippen LogP contribution in [-0.4, -0.2) is 15.4 Å². The summed E-state index contributed by atoms with van der Waals surface area (Å²) in [6.45, 7) is 7.80. The van der Waals surface area contributed by atoms with Crippen LogP contribution in [0.2, 0.25) is 0 Å². The zero-order chi connectivity index (χ0) is 21.8. The Morgan fingerprint density at radius 1 is 1.06 bits per heavy atom. The highest BCUT2D eigenvalue weighted by molar-refractivity contribution is 6.01. The lowest BCUT2D eigenvalue weighted by atomic mass is 9.87. The minimum Gasteiger partial charge on any atom is -0.423 e. The Morgan fingerprint density at radius 3 is 2.55 bits per heavy atom. The fourth-order valence-electron chi connectivity index (χ4n) is 3.89. The number of hydrogen-bond acceptors (Lipinski definition) is 3. The number of para-hydroxylation sites is 1. The van der Waals surface area contributed by atoms with Crippen molar-refractivity contribution in [3.63, 3.8) is 0 Å². The number of aryl methyl sites for hydroxylation is 1. The van der Waals surface area contributed by atoms with Crippen molar-refractivity contribution in [1.29, 1.82) is 0 Å². The van der Waals surface area contributed by atoms with Crippen LogP contribution in [-0.2, 0) is 4.79 Å². The number of ether oxygens (including phenoxy) is 1. The number of imidazole rings is 1. The lowest BCUT2D eigenvalue weighted by Gasteiger charge is -2.20. The molecular weight excluding hydrogens is 384 g/mol. The van der Waals surface area contributed by atoms with Crippen molar-refractivity contribution in [2.24, 2.45) is 0 Å². The van der Waals surface area contributed by atoms with E-state index in [1.807, 2.05) is 47.0 Å². The fourth-order valence-corrected chi connectivity index (χ4v) is 3.89. The number of allylic oxidation sites excluding steroid dienone is 1. The van der Waals surface area contributed by atoms with Gasteiger partial charge in [0.25, 0.3) is 0 Å². The molecule has 4 rings (SSSR count). The summed E-state index contributed by atoms with van der Waals surface area (Å²) in [5, 5.41) is 0. The van der Waals surface area contributed by atoms with Gasteiger partial charge in [-0.1, -0.05) is 56.0 Å². The standard InChI is InChI=1S/C27H24N2O2/c1-4-21(22-11-7-6-10-19(22)3)27(20-14-15-25-28-16-17-29(25)18-20)23-12-8-9-13-24(23)31-26(30)5-2/h5-18H,2,4H2,1,3H3/b27-21+. The highest BCUT2D eigenvalue weighted by Gasteiger charge is 2.19. The molecule has 0 N–H and O–H groups in total. The third kappa shape index (κ3) is 4.05. The lowest BCUT2D eigenvalue weighted by molar-refractivity contribution is -0.128. The van der Waals surface area contributed by atoms with Gasteiger partial charge in [-0.3, -0.25) is 0 Å². The molecular formula is C27H24N2O2. The van der Waals surface area contributed by atoms with Crippen LogP contribution in [0.4, 0.5) is 0 Å². The number of nitrogens with zero attached hydrogens (tertiary/aromatic N) is 2. The molecule has 4 heteroatoms. The lowest BCUT2D eigenvalue weighted by Crippen LogP contribution is -2.06. The Balaban J connectivity index is 2.04. The maximum absolute atomic E-state index is 12.0. The van der Waals surface area contributed by atoms with Crippen molar-refractivity contribution in [1.82, 2.24) is 9.38 Å². The Labute approximate surface area is 182 Å². The maximum Gasteiger partial charge on any atom is 0.335 e. The number of aromatic nitrogens is 2. The highest BCUT2D eigenvalue weighted by Crippen LogP contribution is 2.39. The summed E-state index contributed by atoms with van der Waals surface area (Å²) < 4.78 is 7.62. The first-order valence-electron chi connectivity index (χ1n) is 10.3. The van der Waals surface area contributed by atoms with E-state index in [0.29, 0.717) is 5.75 Å². The SMILES string of the molecule is C=CC(=O)Oc1ccccc1/C(=C(\CC)c1ccccc1C)c1ccc2nccn2c1. The molecule has 154 valence electrons. The smallest absolute Gasteiger partial charge is 0.335 e. The second kappa shape index (κ2) is 8.84. The predicted octanol–water partition coefficient (Wildman–Crippen LogP) is 6.10. The molecule has 0 saturated carbocycles. The number of carbonyl (C=O) groups is 1. The first-order valence-corrected chi connectivity index (χ1v) is 10.3. The molecule has 0 unspecified atom stereocenters. The molecule has 0 saturated heterocycles. The first kappa shape index (κ1) is 20.4. The van der Waals surface area contributed by atoms with Crippen LogP contribution in [0, 0.1) is 6.92 Å². The van der Waals surface area contributed by atoms with Crippen LogP contribution in [0.3, 0.4) is 0 Å². The van der Waals surface area contributed by atoms with E-state index >= 15 is 0 Å². The summed E-state index contributed by atoms with van der Waals surface area (Å²) >= 11 is 0. The Kier molecular flexibility index (Phi) is 5.80. The van der Waals surface area contributed by atoms with Crippen molar-refractivity contribution in [3.8, 4) is 5.75 Å². The third-order valence-corrected chi connectivity index (χ3v) is 5.34. The Morgan fingerprint density at radius 2 is 1.81 bits per heavy atom. The molecule has 2 aromatic carbocycles. The van der Waals surface area contributed by atoms with E-state index in [9.17, 15) is 4.79 Å². The van der Waals surface area contributed by atoms with Crippen molar-refractivity contribution in [2.45, 2.75) is 20.3 Å². The zero-order valence-electron chi connectivity index (χ0n) is 17.7. The van der Waals surface area contributed by atoms with E-state index < -0.39 is 5.97 Å². The molecule has 0 aliphatic heterocycles. The van der Waals surface area contributed by atoms with Crippen LogP contribution in [0.1, 0.15) is 35.6 Å². The van der Waals surface area contributed by atoms with Gasteiger partial charge in [0, 0.05) is 30.2 Å². The predicted molar refractivity (Wildman–Crippen MR) is 125 cm³/mol. The molecule has 2 heterocycles. The summed E-state index contributed by atoms with van der Waals surface area (Å²) in [7, 11) is 0. The molecule has 0 aliphatic rings. The third-order valence-electron chi connectivity index (χ3n) is 5.34. The van der Waals surface area contributed by atoms with Crippen molar-refractivity contribution in [3.05, 3.63) is 114 Å². The Bertz CT molecular complexity index is 1300. The van der Waals surface area contributed by atoms with E-state index in [-0.39, 0.29) is 0 Å². The van der Waals surface area contributed by atoms with E-state index in [4.69, 9.17) is 4.74 Å². The normalized spacial score (nSPS) is 11.8. The number of esters is 1. The largest absolute Gasteiger partial charge is 0.423 e. The molecule has 4 nitrogen and oxygen atoms in total. The summed E-state index contributed by atoms with van der Waals surface area (Å²) in [4.78, 5) is 16.4. The molecule has 31 heavy (non-hydrogen) atoms. The van der Waals surface area contributed by atoms with Gasteiger partial charge in [-0.25, -0.2) is 9.78 Å². The van der Waals surface area contributed by atoms with Gasteiger partial charge in [0.1, 0.15) is 11.4 Å². The van der Waals surface area contributed by atoms with Gasteiger partial charge in [0.05, 0.1) is 0 Å². The summed E-state index contributed by atoms with van der Waals surface area (Å²) in [6, 6.07) is 20.1.